The smallest absolute Gasteiger partial charge is 0.123 e. The standard InChI is InChI=1S/C8H12O/c9-5-8-4-6-1-2-7(8)3-6/h5-8H,1-4H2/t6-,7-,8+/m1/s1. The number of carbonyl (C=O) groups excluding carboxylic acids is 1. The summed E-state index contributed by atoms with van der Waals surface area (Å²) in [5.41, 5.74) is 0. The molecule has 50 valence electrons. The molecule has 0 aromatic carbocycles. The van der Waals surface area contributed by atoms with Gasteiger partial charge in [0.15, 0.2) is 0 Å². The Kier molecular flexibility index (Phi) is 1.11. The quantitative estimate of drug-likeness (QED) is 0.485. The van der Waals surface area contributed by atoms with Crippen molar-refractivity contribution < 1.29 is 4.79 Å². The van der Waals surface area contributed by atoms with E-state index in [1.807, 2.05) is 0 Å². The van der Waals surface area contributed by atoms with Crippen LogP contribution in [0.2, 0.25) is 0 Å². The molecule has 0 unspecified atom stereocenters. The number of carbonyl (C=O) groups is 1. The number of aldehydes is 1. The van der Waals surface area contributed by atoms with E-state index in [0.29, 0.717) is 5.92 Å². The largest absolute Gasteiger partial charge is 0.303 e. The van der Waals surface area contributed by atoms with Gasteiger partial charge in [-0.2, -0.15) is 0 Å². The maximum Gasteiger partial charge on any atom is 0.123 e. The van der Waals surface area contributed by atoms with Gasteiger partial charge in [0.25, 0.3) is 0 Å². The molecule has 0 heterocycles. The van der Waals surface area contributed by atoms with Gasteiger partial charge in [0.2, 0.25) is 0 Å². The normalized spacial score (nSPS) is 47.8. The maximum absolute atomic E-state index is 10.4. The van der Waals surface area contributed by atoms with Gasteiger partial charge in [0.1, 0.15) is 6.29 Å². The van der Waals surface area contributed by atoms with Crippen LogP contribution in [0, 0.1) is 17.8 Å². The van der Waals surface area contributed by atoms with Crippen molar-refractivity contribution in [3.63, 3.8) is 0 Å². The fourth-order valence-electron chi connectivity index (χ4n) is 2.46. The molecule has 0 radical (unpaired) electrons. The highest BCUT2D eigenvalue weighted by molar-refractivity contribution is 5.55. The van der Waals surface area contributed by atoms with E-state index in [0.717, 1.165) is 11.8 Å². The molecule has 2 aliphatic rings. The number of fused-ring (bicyclic) bond motifs is 2. The topological polar surface area (TPSA) is 17.1 Å². The summed E-state index contributed by atoms with van der Waals surface area (Å²) in [6.07, 6.45) is 6.45. The zero-order chi connectivity index (χ0) is 6.27. The van der Waals surface area contributed by atoms with Crippen LogP contribution in [-0.2, 0) is 4.79 Å². The Labute approximate surface area is 55.4 Å². The third-order valence-electron chi connectivity index (χ3n) is 2.97. The molecule has 0 aromatic heterocycles. The second kappa shape index (κ2) is 1.83. The van der Waals surface area contributed by atoms with E-state index in [4.69, 9.17) is 0 Å². The molecule has 3 atom stereocenters. The summed E-state index contributed by atoms with van der Waals surface area (Å²) in [4.78, 5) is 10.4. The molecule has 2 aliphatic carbocycles. The summed E-state index contributed by atoms with van der Waals surface area (Å²) >= 11 is 0. The van der Waals surface area contributed by atoms with E-state index in [2.05, 4.69) is 0 Å². The van der Waals surface area contributed by atoms with Gasteiger partial charge in [-0.05, 0) is 31.1 Å². The molecule has 0 amide bonds. The zero-order valence-corrected chi connectivity index (χ0v) is 5.55. The van der Waals surface area contributed by atoms with Gasteiger partial charge in [0.05, 0.1) is 0 Å². The highest BCUT2D eigenvalue weighted by Gasteiger charge is 2.38. The molecular formula is C8H12O. The predicted octanol–water partition coefficient (Wildman–Crippen LogP) is 1.62. The first-order valence-corrected chi connectivity index (χ1v) is 3.85. The molecule has 2 fully saturated rings. The molecule has 1 heteroatoms. The summed E-state index contributed by atoms with van der Waals surface area (Å²) < 4.78 is 0. The highest BCUT2D eigenvalue weighted by atomic mass is 16.1. The van der Waals surface area contributed by atoms with Crippen LogP contribution in [-0.4, -0.2) is 6.29 Å². The van der Waals surface area contributed by atoms with Crippen LogP contribution in [0.25, 0.3) is 0 Å². The number of hydrogen-bond donors (Lipinski definition) is 0. The van der Waals surface area contributed by atoms with E-state index in [1.54, 1.807) is 0 Å². The molecule has 1 nitrogen and oxygen atoms in total. The molecule has 2 rings (SSSR count). The van der Waals surface area contributed by atoms with Gasteiger partial charge in [0, 0.05) is 5.92 Å². The van der Waals surface area contributed by atoms with Crippen molar-refractivity contribution in [1.82, 2.24) is 0 Å². The molecule has 0 spiro atoms. The Morgan fingerprint density at radius 3 is 2.44 bits per heavy atom. The summed E-state index contributed by atoms with van der Waals surface area (Å²) in [6.45, 7) is 0. The summed E-state index contributed by atoms with van der Waals surface area (Å²) in [5, 5.41) is 0. The first-order chi connectivity index (χ1) is 4.40. The van der Waals surface area contributed by atoms with E-state index in [1.165, 1.54) is 32.0 Å². The van der Waals surface area contributed by atoms with Gasteiger partial charge in [-0.15, -0.1) is 0 Å². The molecule has 0 aromatic rings. The Morgan fingerprint density at radius 2 is 2.11 bits per heavy atom. The Balaban J connectivity index is 2.09. The van der Waals surface area contributed by atoms with Crippen LogP contribution in [0.1, 0.15) is 25.7 Å². The van der Waals surface area contributed by atoms with Crippen molar-refractivity contribution in [3.05, 3.63) is 0 Å². The van der Waals surface area contributed by atoms with Crippen molar-refractivity contribution >= 4 is 6.29 Å². The third-order valence-corrected chi connectivity index (χ3v) is 2.97. The van der Waals surface area contributed by atoms with Crippen LogP contribution in [0.15, 0.2) is 0 Å². The summed E-state index contributed by atoms with van der Waals surface area (Å²) in [7, 11) is 0. The molecule has 0 saturated heterocycles. The lowest BCUT2D eigenvalue weighted by molar-refractivity contribution is -0.112. The van der Waals surface area contributed by atoms with E-state index < -0.39 is 0 Å². The number of rotatable bonds is 1. The van der Waals surface area contributed by atoms with Crippen molar-refractivity contribution in [2.45, 2.75) is 25.7 Å². The van der Waals surface area contributed by atoms with Crippen molar-refractivity contribution in [3.8, 4) is 0 Å². The van der Waals surface area contributed by atoms with E-state index in [9.17, 15) is 4.79 Å². The molecule has 0 N–H and O–H groups in total. The zero-order valence-electron chi connectivity index (χ0n) is 5.55. The molecule has 2 saturated carbocycles. The molecule has 2 bridgehead atoms. The van der Waals surface area contributed by atoms with Gasteiger partial charge in [-0.1, -0.05) is 6.42 Å². The van der Waals surface area contributed by atoms with Gasteiger partial charge < -0.3 is 4.79 Å². The van der Waals surface area contributed by atoms with Gasteiger partial charge in [-0.25, -0.2) is 0 Å². The summed E-state index contributed by atoms with van der Waals surface area (Å²) in [5.74, 6) is 2.15. The number of hydrogen-bond acceptors (Lipinski definition) is 1. The van der Waals surface area contributed by atoms with Gasteiger partial charge >= 0.3 is 0 Å². The third kappa shape index (κ3) is 0.707. The second-order valence-corrected chi connectivity index (χ2v) is 3.47. The average molecular weight is 124 g/mol. The lowest BCUT2D eigenvalue weighted by Gasteiger charge is -2.14. The fourth-order valence-corrected chi connectivity index (χ4v) is 2.46. The second-order valence-electron chi connectivity index (χ2n) is 3.47. The average Bonchev–Trinajstić information content (AvgIpc) is 2.45. The lowest BCUT2D eigenvalue weighted by Crippen LogP contribution is -2.10. The van der Waals surface area contributed by atoms with Crippen LogP contribution in [0.3, 0.4) is 0 Å². The maximum atomic E-state index is 10.4. The minimum Gasteiger partial charge on any atom is -0.303 e. The fraction of sp³-hybridized carbons (Fsp3) is 0.875. The van der Waals surface area contributed by atoms with Crippen LogP contribution >= 0.6 is 0 Å². The van der Waals surface area contributed by atoms with Crippen molar-refractivity contribution in [2.75, 3.05) is 0 Å². The van der Waals surface area contributed by atoms with Crippen LogP contribution in [0.5, 0.6) is 0 Å². The van der Waals surface area contributed by atoms with E-state index in [-0.39, 0.29) is 0 Å². The predicted molar refractivity (Wildman–Crippen MR) is 35.0 cm³/mol. The lowest BCUT2D eigenvalue weighted by atomic mass is 9.90. The Bertz CT molecular complexity index is 131. The van der Waals surface area contributed by atoms with E-state index >= 15 is 0 Å². The van der Waals surface area contributed by atoms with Gasteiger partial charge in [-0.3, -0.25) is 0 Å². The van der Waals surface area contributed by atoms with Crippen LogP contribution in [0.4, 0.5) is 0 Å². The monoisotopic (exact) mass is 124 g/mol. The van der Waals surface area contributed by atoms with Crippen molar-refractivity contribution in [1.29, 1.82) is 0 Å². The van der Waals surface area contributed by atoms with Crippen LogP contribution < -0.4 is 0 Å². The summed E-state index contributed by atoms with van der Waals surface area (Å²) in [6, 6.07) is 0. The molecule has 0 aliphatic heterocycles. The van der Waals surface area contributed by atoms with Crippen molar-refractivity contribution in [2.24, 2.45) is 17.8 Å². The SMILES string of the molecule is O=C[C@@H]1C[C@@H]2CC[C@@H]1C2. The minimum absolute atomic E-state index is 0.448. The first kappa shape index (κ1) is 5.45. The Hall–Kier alpha value is -0.330. The molecular weight excluding hydrogens is 112 g/mol. The first-order valence-electron chi connectivity index (χ1n) is 3.85. The molecule has 9 heavy (non-hydrogen) atoms. The Morgan fingerprint density at radius 1 is 1.22 bits per heavy atom. The minimum atomic E-state index is 0.448. The highest BCUT2D eigenvalue weighted by Crippen LogP contribution is 2.47.